The van der Waals surface area contributed by atoms with Gasteiger partial charge in [-0.2, -0.15) is 0 Å². The van der Waals surface area contributed by atoms with Crippen molar-refractivity contribution in [2.45, 2.75) is 19.4 Å². The molecule has 2 N–H and O–H groups in total. The van der Waals surface area contributed by atoms with E-state index in [1.165, 1.54) is 25.1 Å². The summed E-state index contributed by atoms with van der Waals surface area (Å²) in [6, 6.07) is 11.0. The number of halogens is 3. The molecule has 1 heterocycles. The van der Waals surface area contributed by atoms with Crippen LogP contribution < -0.4 is 20.4 Å². The minimum absolute atomic E-state index is 0.0981. The summed E-state index contributed by atoms with van der Waals surface area (Å²) in [5.74, 6) is -0.527. The average Bonchev–Trinajstić information content (AvgIpc) is 2.69. The van der Waals surface area contributed by atoms with E-state index in [0.29, 0.717) is 16.7 Å². The Hall–Kier alpha value is -3.53. The minimum Gasteiger partial charge on any atom is -0.484 e. The molecule has 3 aromatic rings. The number of carbonyl (C=O) groups excluding carboxylic acids is 1. The van der Waals surface area contributed by atoms with Gasteiger partial charge in [-0.1, -0.05) is 12.1 Å². The first-order valence-corrected chi connectivity index (χ1v) is 9.12. The Kier molecular flexibility index (Phi) is 6.50. The molecule has 0 saturated heterocycles. The number of nitrogens with one attached hydrogen (secondary N) is 1. The fourth-order valence-electron chi connectivity index (χ4n) is 2.68. The van der Waals surface area contributed by atoms with Crippen LogP contribution in [0.25, 0.3) is 22.1 Å². The van der Waals surface area contributed by atoms with Crippen molar-refractivity contribution in [2.24, 2.45) is 0 Å². The van der Waals surface area contributed by atoms with Crippen molar-refractivity contribution in [3.8, 4) is 22.6 Å². The molecule has 0 aliphatic carbocycles. The Bertz CT molecular complexity index is 1120. The smallest absolute Gasteiger partial charge is 0.484 e. The van der Waals surface area contributed by atoms with Crippen molar-refractivity contribution in [3.05, 3.63) is 59.0 Å². The highest BCUT2D eigenvalue weighted by atomic mass is 19.4. The van der Waals surface area contributed by atoms with Gasteiger partial charge in [-0.15, -0.1) is 13.2 Å². The van der Waals surface area contributed by atoms with Crippen LogP contribution in [0.3, 0.4) is 0 Å². The second-order valence-electron chi connectivity index (χ2n) is 6.66. The fraction of sp³-hybridized carbons (Fsp3) is 0.238. The van der Waals surface area contributed by atoms with Crippen LogP contribution in [0.1, 0.15) is 6.92 Å². The van der Waals surface area contributed by atoms with Gasteiger partial charge in [0.1, 0.15) is 17.1 Å². The molecule has 164 valence electrons. The molecule has 0 aliphatic heterocycles. The molecular weight excluding hydrogens is 419 g/mol. The molecule has 0 saturated carbocycles. The van der Waals surface area contributed by atoms with Crippen LogP contribution in [0, 0.1) is 0 Å². The summed E-state index contributed by atoms with van der Waals surface area (Å²) in [5.41, 5.74) is 0.0500. The number of amides is 1. The van der Waals surface area contributed by atoms with Crippen molar-refractivity contribution in [1.82, 2.24) is 5.32 Å². The zero-order valence-electron chi connectivity index (χ0n) is 16.2. The number of fused-ring (bicyclic) bond motifs is 1. The molecule has 31 heavy (non-hydrogen) atoms. The largest absolute Gasteiger partial charge is 0.573 e. The number of alkyl halides is 3. The molecule has 3 rings (SSSR count). The third-order valence-corrected chi connectivity index (χ3v) is 4.07. The Labute approximate surface area is 174 Å². The van der Waals surface area contributed by atoms with Gasteiger partial charge in [0.2, 0.25) is 0 Å². The van der Waals surface area contributed by atoms with E-state index < -0.39 is 29.7 Å². The SMILES string of the molecule is C[C@@H](O)CNC(=O)COc1ccc2cc(-c3ccc(OC(F)(F)F)cc3)c(=O)oc2c1. The molecule has 2 aromatic carbocycles. The summed E-state index contributed by atoms with van der Waals surface area (Å²) in [7, 11) is 0. The molecule has 1 amide bonds. The normalized spacial score (nSPS) is 12.4. The summed E-state index contributed by atoms with van der Waals surface area (Å²) in [5, 5.41) is 12.2. The summed E-state index contributed by atoms with van der Waals surface area (Å²) < 4.78 is 51.3. The third kappa shape index (κ3) is 6.22. The highest BCUT2D eigenvalue weighted by Crippen LogP contribution is 2.27. The summed E-state index contributed by atoms with van der Waals surface area (Å²) >= 11 is 0. The van der Waals surface area contributed by atoms with Crippen LogP contribution in [0.5, 0.6) is 11.5 Å². The van der Waals surface area contributed by atoms with E-state index in [9.17, 15) is 22.8 Å². The van der Waals surface area contributed by atoms with Crippen LogP contribution in [0.15, 0.2) is 57.7 Å². The van der Waals surface area contributed by atoms with Gasteiger partial charge in [0.15, 0.2) is 6.61 Å². The van der Waals surface area contributed by atoms with Crippen molar-refractivity contribution in [1.29, 1.82) is 0 Å². The molecule has 1 atom stereocenters. The molecule has 0 aliphatic rings. The van der Waals surface area contributed by atoms with Crippen molar-refractivity contribution in [3.63, 3.8) is 0 Å². The molecule has 1 aromatic heterocycles. The number of benzene rings is 2. The topological polar surface area (TPSA) is 98.0 Å². The summed E-state index contributed by atoms with van der Waals surface area (Å²) in [6.45, 7) is 1.35. The van der Waals surface area contributed by atoms with E-state index in [2.05, 4.69) is 10.1 Å². The quantitative estimate of drug-likeness (QED) is 0.551. The van der Waals surface area contributed by atoms with E-state index in [1.54, 1.807) is 18.2 Å². The lowest BCUT2D eigenvalue weighted by atomic mass is 10.1. The number of aliphatic hydroxyl groups excluding tert-OH is 1. The highest BCUT2D eigenvalue weighted by Gasteiger charge is 2.31. The first-order valence-electron chi connectivity index (χ1n) is 9.12. The zero-order valence-corrected chi connectivity index (χ0v) is 16.2. The number of aliphatic hydroxyl groups is 1. The van der Waals surface area contributed by atoms with E-state index in [0.717, 1.165) is 12.1 Å². The van der Waals surface area contributed by atoms with Crippen LogP contribution >= 0.6 is 0 Å². The Morgan fingerprint density at radius 3 is 2.45 bits per heavy atom. The maximum absolute atomic E-state index is 12.4. The predicted octanol–water partition coefficient (Wildman–Crippen LogP) is 3.23. The molecule has 0 unspecified atom stereocenters. The van der Waals surface area contributed by atoms with Gasteiger partial charge in [-0.25, -0.2) is 4.79 Å². The van der Waals surface area contributed by atoms with Crippen molar-refractivity contribution < 1.29 is 37.0 Å². The lowest BCUT2D eigenvalue weighted by molar-refractivity contribution is -0.274. The summed E-state index contributed by atoms with van der Waals surface area (Å²) in [4.78, 5) is 24.0. The van der Waals surface area contributed by atoms with Gasteiger partial charge in [0.05, 0.1) is 11.7 Å². The van der Waals surface area contributed by atoms with Crippen molar-refractivity contribution in [2.75, 3.05) is 13.2 Å². The Morgan fingerprint density at radius 1 is 1.13 bits per heavy atom. The van der Waals surface area contributed by atoms with Gasteiger partial charge in [0, 0.05) is 18.0 Å². The van der Waals surface area contributed by atoms with Crippen LogP contribution in [-0.2, 0) is 4.79 Å². The van der Waals surface area contributed by atoms with Crippen LogP contribution in [0.4, 0.5) is 13.2 Å². The van der Waals surface area contributed by atoms with Gasteiger partial charge in [-0.3, -0.25) is 4.79 Å². The van der Waals surface area contributed by atoms with E-state index in [4.69, 9.17) is 14.3 Å². The van der Waals surface area contributed by atoms with E-state index in [-0.39, 0.29) is 24.3 Å². The van der Waals surface area contributed by atoms with E-state index in [1.807, 2.05) is 0 Å². The lowest BCUT2D eigenvalue weighted by Crippen LogP contribution is -2.34. The average molecular weight is 437 g/mol. The predicted molar refractivity (Wildman–Crippen MR) is 105 cm³/mol. The van der Waals surface area contributed by atoms with E-state index >= 15 is 0 Å². The molecule has 0 fully saturated rings. The van der Waals surface area contributed by atoms with Gasteiger partial charge >= 0.3 is 12.0 Å². The number of rotatable bonds is 7. The maximum atomic E-state index is 12.4. The molecular formula is C21H18F3NO6. The Balaban J connectivity index is 1.76. The van der Waals surface area contributed by atoms with Crippen LogP contribution in [-0.4, -0.2) is 36.6 Å². The number of ether oxygens (including phenoxy) is 2. The monoisotopic (exact) mass is 437 g/mol. The highest BCUT2D eigenvalue weighted by molar-refractivity contribution is 5.83. The standard InChI is InChI=1S/C21H18F3NO6/c1-12(26)10-25-19(27)11-29-16-7-4-14-8-17(20(28)30-18(14)9-16)13-2-5-15(6-3-13)31-21(22,23)24/h2-9,12,26H,10-11H2,1H3,(H,25,27)/t12-/m1/s1. The van der Waals surface area contributed by atoms with Gasteiger partial charge in [-0.05, 0) is 42.8 Å². The van der Waals surface area contributed by atoms with Crippen LogP contribution in [0.2, 0.25) is 0 Å². The summed E-state index contributed by atoms with van der Waals surface area (Å²) in [6.07, 6.45) is -5.48. The maximum Gasteiger partial charge on any atom is 0.573 e. The zero-order chi connectivity index (χ0) is 22.6. The first-order chi connectivity index (χ1) is 14.6. The number of hydrogen-bond donors (Lipinski definition) is 2. The second kappa shape index (κ2) is 9.09. The third-order valence-electron chi connectivity index (χ3n) is 4.07. The van der Waals surface area contributed by atoms with Crippen molar-refractivity contribution >= 4 is 16.9 Å². The molecule has 7 nitrogen and oxygen atoms in total. The molecule has 0 spiro atoms. The lowest BCUT2D eigenvalue weighted by Gasteiger charge is -2.10. The first kappa shape index (κ1) is 22.2. The fourth-order valence-corrected chi connectivity index (χ4v) is 2.68. The van der Waals surface area contributed by atoms with Gasteiger partial charge in [0.25, 0.3) is 5.91 Å². The van der Waals surface area contributed by atoms with Gasteiger partial charge < -0.3 is 24.3 Å². The number of hydrogen-bond acceptors (Lipinski definition) is 6. The second-order valence-corrected chi connectivity index (χ2v) is 6.66. The molecule has 0 bridgehead atoms. The molecule has 10 heteroatoms. The number of carbonyl (C=O) groups is 1. The Morgan fingerprint density at radius 2 is 1.81 bits per heavy atom. The molecule has 0 radical (unpaired) electrons. The minimum atomic E-state index is -4.80.